The predicted octanol–water partition coefficient (Wildman–Crippen LogP) is 4.38. The van der Waals surface area contributed by atoms with Gasteiger partial charge in [0.15, 0.2) is 0 Å². The molecular formula is C22H22N2O3S2. The van der Waals surface area contributed by atoms with Crippen molar-refractivity contribution < 1.29 is 13.2 Å². The van der Waals surface area contributed by atoms with E-state index in [9.17, 15) is 13.2 Å². The zero-order valence-corrected chi connectivity index (χ0v) is 17.5. The molecule has 1 aliphatic heterocycles. The fourth-order valence-corrected chi connectivity index (χ4v) is 6.49. The highest BCUT2D eigenvalue weighted by molar-refractivity contribution is 7.91. The molecule has 150 valence electrons. The summed E-state index contributed by atoms with van der Waals surface area (Å²) < 4.78 is 27.2. The number of carbonyl (C=O) groups excluding carboxylic acids is 1. The lowest BCUT2D eigenvalue weighted by Gasteiger charge is -2.13. The Morgan fingerprint density at radius 2 is 1.62 bits per heavy atom. The number of nitrogens with zero attached hydrogens (tertiary/aromatic N) is 1. The van der Waals surface area contributed by atoms with Gasteiger partial charge in [0.1, 0.15) is 4.21 Å². The molecule has 2 aromatic carbocycles. The fraction of sp³-hybridized carbons (Fsp3) is 0.227. The molecule has 0 aliphatic carbocycles. The first-order chi connectivity index (χ1) is 14.0. The van der Waals surface area contributed by atoms with Crippen LogP contribution in [-0.4, -0.2) is 31.7 Å². The SMILES string of the molecule is O=C(Cc1ccc(S(=O)(=O)N2CCCC2)s1)Nc1ccccc1-c1ccccc1. The Morgan fingerprint density at radius 1 is 0.931 bits per heavy atom. The lowest BCUT2D eigenvalue weighted by Crippen LogP contribution is -2.27. The molecule has 0 unspecified atom stereocenters. The topological polar surface area (TPSA) is 66.5 Å². The summed E-state index contributed by atoms with van der Waals surface area (Å²) in [4.78, 5) is 13.4. The molecule has 7 heteroatoms. The normalized spacial score (nSPS) is 14.8. The molecule has 0 radical (unpaired) electrons. The van der Waals surface area contributed by atoms with Crippen LogP contribution in [0.2, 0.25) is 0 Å². The van der Waals surface area contributed by atoms with Crippen molar-refractivity contribution in [2.24, 2.45) is 0 Å². The maximum Gasteiger partial charge on any atom is 0.252 e. The molecular weight excluding hydrogens is 404 g/mol. The minimum atomic E-state index is -3.44. The Hall–Kier alpha value is -2.48. The smallest absolute Gasteiger partial charge is 0.252 e. The van der Waals surface area contributed by atoms with E-state index in [1.54, 1.807) is 12.1 Å². The van der Waals surface area contributed by atoms with E-state index in [4.69, 9.17) is 0 Å². The second kappa shape index (κ2) is 8.49. The van der Waals surface area contributed by atoms with Crippen LogP contribution in [0.15, 0.2) is 70.9 Å². The highest BCUT2D eigenvalue weighted by Crippen LogP contribution is 2.29. The summed E-state index contributed by atoms with van der Waals surface area (Å²) in [6, 6.07) is 20.9. The van der Waals surface area contributed by atoms with Crippen LogP contribution in [0.1, 0.15) is 17.7 Å². The van der Waals surface area contributed by atoms with Crippen LogP contribution in [0.25, 0.3) is 11.1 Å². The second-order valence-electron chi connectivity index (χ2n) is 6.97. The third kappa shape index (κ3) is 4.42. The molecule has 1 amide bonds. The zero-order valence-electron chi connectivity index (χ0n) is 15.9. The number of nitrogens with one attached hydrogen (secondary N) is 1. The Kier molecular flexibility index (Phi) is 5.80. The van der Waals surface area contributed by atoms with E-state index in [-0.39, 0.29) is 12.3 Å². The molecule has 2 heterocycles. The number of anilines is 1. The number of sulfonamides is 1. The van der Waals surface area contributed by atoms with E-state index in [1.807, 2.05) is 54.6 Å². The van der Waals surface area contributed by atoms with Crippen molar-refractivity contribution in [1.82, 2.24) is 4.31 Å². The van der Waals surface area contributed by atoms with Gasteiger partial charge in [-0.1, -0.05) is 48.5 Å². The number of rotatable bonds is 6. The Bertz CT molecular complexity index is 1100. The fourth-order valence-electron chi connectivity index (χ4n) is 3.46. The quantitative estimate of drug-likeness (QED) is 0.636. The molecule has 1 N–H and O–H groups in total. The Balaban J connectivity index is 1.47. The molecule has 1 saturated heterocycles. The standard InChI is InChI=1S/C22H22N2O3S2/c25-21(23-20-11-5-4-10-19(20)17-8-2-1-3-9-17)16-18-12-13-22(28-18)29(26,27)24-14-6-7-15-24/h1-5,8-13H,6-7,14-16H2,(H,23,25). The van der Waals surface area contributed by atoms with Gasteiger partial charge in [0, 0.05) is 29.2 Å². The third-order valence-corrected chi connectivity index (χ3v) is 8.37. The highest BCUT2D eigenvalue weighted by Gasteiger charge is 2.28. The number of para-hydroxylation sites is 1. The predicted molar refractivity (Wildman–Crippen MR) is 117 cm³/mol. The van der Waals surface area contributed by atoms with Crippen molar-refractivity contribution in [3.8, 4) is 11.1 Å². The second-order valence-corrected chi connectivity index (χ2v) is 10.3. The summed E-state index contributed by atoms with van der Waals surface area (Å²) >= 11 is 1.18. The van der Waals surface area contributed by atoms with Gasteiger partial charge in [0.2, 0.25) is 5.91 Å². The number of benzene rings is 2. The molecule has 4 rings (SSSR count). The molecule has 5 nitrogen and oxygen atoms in total. The molecule has 0 saturated carbocycles. The summed E-state index contributed by atoms with van der Waals surface area (Å²) in [5, 5.41) is 2.97. The molecule has 0 bridgehead atoms. The first-order valence-corrected chi connectivity index (χ1v) is 11.8. The summed E-state index contributed by atoms with van der Waals surface area (Å²) in [5.41, 5.74) is 2.72. The Morgan fingerprint density at radius 3 is 2.38 bits per heavy atom. The lowest BCUT2D eigenvalue weighted by molar-refractivity contribution is -0.115. The maximum absolute atomic E-state index is 12.7. The van der Waals surface area contributed by atoms with Crippen molar-refractivity contribution in [3.05, 3.63) is 71.6 Å². The van der Waals surface area contributed by atoms with Crippen molar-refractivity contribution in [3.63, 3.8) is 0 Å². The van der Waals surface area contributed by atoms with Crippen LogP contribution >= 0.6 is 11.3 Å². The van der Waals surface area contributed by atoms with E-state index >= 15 is 0 Å². The van der Waals surface area contributed by atoms with Gasteiger partial charge < -0.3 is 5.32 Å². The monoisotopic (exact) mass is 426 g/mol. The van der Waals surface area contributed by atoms with Crippen molar-refractivity contribution in [1.29, 1.82) is 0 Å². The van der Waals surface area contributed by atoms with Gasteiger partial charge in [-0.05, 0) is 36.6 Å². The van der Waals surface area contributed by atoms with E-state index in [0.717, 1.165) is 34.5 Å². The van der Waals surface area contributed by atoms with Gasteiger partial charge in [-0.3, -0.25) is 4.79 Å². The van der Waals surface area contributed by atoms with E-state index in [2.05, 4.69) is 5.32 Å². The van der Waals surface area contributed by atoms with Crippen molar-refractivity contribution in [2.45, 2.75) is 23.5 Å². The zero-order chi connectivity index (χ0) is 20.3. The summed E-state index contributed by atoms with van der Waals surface area (Å²) in [6.45, 7) is 1.15. The molecule has 29 heavy (non-hydrogen) atoms. The largest absolute Gasteiger partial charge is 0.325 e. The van der Waals surface area contributed by atoms with Crippen LogP contribution < -0.4 is 5.32 Å². The number of carbonyl (C=O) groups is 1. The minimum Gasteiger partial charge on any atom is -0.325 e. The van der Waals surface area contributed by atoms with Crippen LogP contribution in [0, 0.1) is 0 Å². The highest BCUT2D eigenvalue weighted by atomic mass is 32.2. The Labute approximate surface area is 175 Å². The number of hydrogen-bond donors (Lipinski definition) is 1. The summed E-state index contributed by atoms with van der Waals surface area (Å²) in [5.74, 6) is -0.166. The van der Waals surface area contributed by atoms with Crippen LogP contribution in [-0.2, 0) is 21.2 Å². The van der Waals surface area contributed by atoms with Gasteiger partial charge in [0.25, 0.3) is 10.0 Å². The van der Waals surface area contributed by atoms with Crippen LogP contribution in [0.4, 0.5) is 5.69 Å². The average molecular weight is 427 g/mol. The summed E-state index contributed by atoms with van der Waals surface area (Å²) in [6.07, 6.45) is 1.95. The van der Waals surface area contributed by atoms with Crippen molar-refractivity contribution in [2.75, 3.05) is 18.4 Å². The third-order valence-electron chi connectivity index (χ3n) is 4.92. The molecule has 0 atom stereocenters. The number of thiophene rings is 1. The first kappa shape index (κ1) is 19.8. The van der Waals surface area contributed by atoms with Gasteiger partial charge in [0.05, 0.1) is 6.42 Å². The maximum atomic E-state index is 12.7. The molecule has 0 spiro atoms. The van der Waals surface area contributed by atoms with E-state index in [0.29, 0.717) is 17.3 Å². The molecule has 1 fully saturated rings. The van der Waals surface area contributed by atoms with Gasteiger partial charge in [-0.25, -0.2) is 8.42 Å². The van der Waals surface area contributed by atoms with Crippen LogP contribution in [0.5, 0.6) is 0 Å². The first-order valence-electron chi connectivity index (χ1n) is 9.57. The minimum absolute atomic E-state index is 0.142. The molecule has 3 aromatic rings. The number of amides is 1. The van der Waals surface area contributed by atoms with Crippen molar-refractivity contribution >= 4 is 33.0 Å². The molecule has 1 aromatic heterocycles. The lowest BCUT2D eigenvalue weighted by atomic mass is 10.0. The van der Waals surface area contributed by atoms with Gasteiger partial charge in [-0.2, -0.15) is 4.31 Å². The van der Waals surface area contributed by atoms with E-state index < -0.39 is 10.0 Å². The average Bonchev–Trinajstić information content (AvgIpc) is 3.42. The van der Waals surface area contributed by atoms with Gasteiger partial charge in [-0.15, -0.1) is 11.3 Å². The summed E-state index contributed by atoms with van der Waals surface area (Å²) in [7, 11) is -3.44. The van der Waals surface area contributed by atoms with E-state index in [1.165, 1.54) is 15.6 Å². The number of hydrogen-bond acceptors (Lipinski definition) is 4. The molecule has 1 aliphatic rings. The van der Waals surface area contributed by atoms with Crippen LogP contribution in [0.3, 0.4) is 0 Å². The van der Waals surface area contributed by atoms with Gasteiger partial charge >= 0.3 is 0 Å².